The average molecular weight is 334 g/mol. The van der Waals surface area contributed by atoms with E-state index in [0.717, 1.165) is 31.2 Å². The van der Waals surface area contributed by atoms with Crippen LogP contribution in [-0.4, -0.2) is 34.1 Å². The molecule has 1 atom stereocenters. The molecule has 3 N–H and O–H groups in total. The Morgan fingerprint density at radius 1 is 1.42 bits per heavy atom. The van der Waals surface area contributed by atoms with Crippen LogP contribution >= 0.6 is 0 Å². The fourth-order valence-corrected chi connectivity index (χ4v) is 3.23. The van der Waals surface area contributed by atoms with Crippen molar-refractivity contribution in [2.45, 2.75) is 45.4 Å². The zero-order chi connectivity index (χ0) is 17.4. The summed E-state index contributed by atoms with van der Waals surface area (Å²) in [5, 5.41) is 10.1. The molecule has 1 saturated carbocycles. The van der Waals surface area contributed by atoms with Crippen molar-refractivity contribution in [1.29, 1.82) is 0 Å². The minimum absolute atomic E-state index is 0.00290. The van der Waals surface area contributed by atoms with Gasteiger partial charge in [-0.25, -0.2) is 10.0 Å². The molecule has 2 rings (SSSR count). The summed E-state index contributed by atoms with van der Waals surface area (Å²) in [7, 11) is 0. The lowest BCUT2D eigenvalue weighted by molar-refractivity contribution is -0.156. The first kappa shape index (κ1) is 18.2. The van der Waals surface area contributed by atoms with Crippen LogP contribution in [0.1, 0.15) is 44.1 Å². The van der Waals surface area contributed by atoms with Crippen molar-refractivity contribution in [3.63, 3.8) is 0 Å². The predicted molar refractivity (Wildman–Crippen MR) is 90.0 cm³/mol. The van der Waals surface area contributed by atoms with Crippen LogP contribution in [0, 0.1) is 18.8 Å². The van der Waals surface area contributed by atoms with Crippen LogP contribution in [0.2, 0.25) is 0 Å². The van der Waals surface area contributed by atoms with Gasteiger partial charge in [-0.2, -0.15) is 0 Å². The highest BCUT2D eigenvalue weighted by molar-refractivity contribution is 5.80. The number of hydrogen-bond donors (Lipinski definition) is 3. The number of carbonyl (C=O) groups excluding carboxylic acids is 2. The highest BCUT2D eigenvalue weighted by Crippen LogP contribution is 2.29. The van der Waals surface area contributed by atoms with Gasteiger partial charge in [0.25, 0.3) is 0 Å². The van der Waals surface area contributed by atoms with E-state index in [0.29, 0.717) is 17.3 Å². The van der Waals surface area contributed by atoms with E-state index in [1.165, 1.54) is 12.8 Å². The van der Waals surface area contributed by atoms with Crippen LogP contribution in [0.25, 0.3) is 0 Å². The van der Waals surface area contributed by atoms with Gasteiger partial charge < -0.3 is 0 Å². The van der Waals surface area contributed by atoms with Crippen molar-refractivity contribution in [3.8, 4) is 0 Å². The molecule has 1 aromatic heterocycles. The van der Waals surface area contributed by atoms with E-state index in [-0.39, 0.29) is 18.4 Å². The number of hydrogen-bond acceptors (Lipinski definition) is 5. The number of nitrogens with one attached hydrogen (secondary N) is 2. The summed E-state index contributed by atoms with van der Waals surface area (Å²) in [6.07, 6.45) is 8.38. The molecule has 0 saturated heterocycles. The van der Waals surface area contributed by atoms with Crippen LogP contribution in [0.3, 0.4) is 0 Å². The molecule has 0 radical (unpaired) electrons. The smallest absolute Gasteiger partial charge is 0.243 e. The molecule has 2 amide bonds. The molecule has 1 fully saturated rings. The Kier molecular flexibility index (Phi) is 6.99. The Bertz CT molecular complexity index is 544. The SMILES string of the molecule is Cc1ccnc(NNC(=O)[C@H](CN(O)C=O)C2CCCCCC2)c1. The van der Waals surface area contributed by atoms with Gasteiger partial charge in [0.2, 0.25) is 12.3 Å². The minimum atomic E-state index is -0.449. The number of amides is 2. The Labute approximate surface area is 142 Å². The van der Waals surface area contributed by atoms with Crippen LogP contribution < -0.4 is 10.9 Å². The van der Waals surface area contributed by atoms with Gasteiger partial charge in [0.15, 0.2) is 0 Å². The Morgan fingerprint density at radius 2 is 2.12 bits per heavy atom. The lowest BCUT2D eigenvalue weighted by atomic mass is 9.85. The molecule has 1 aliphatic rings. The monoisotopic (exact) mass is 334 g/mol. The van der Waals surface area contributed by atoms with Crippen molar-refractivity contribution < 1.29 is 14.8 Å². The molecule has 7 heteroatoms. The van der Waals surface area contributed by atoms with E-state index in [4.69, 9.17) is 0 Å². The quantitative estimate of drug-likeness (QED) is 0.308. The van der Waals surface area contributed by atoms with Gasteiger partial charge in [-0.15, -0.1) is 0 Å². The normalized spacial score (nSPS) is 16.8. The number of pyridine rings is 1. The topological polar surface area (TPSA) is 94.6 Å². The first-order chi connectivity index (χ1) is 11.6. The largest absolute Gasteiger partial charge is 0.286 e. The van der Waals surface area contributed by atoms with E-state index in [9.17, 15) is 14.8 Å². The van der Waals surface area contributed by atoms with Crippen molar-refractivity contribution in [2.75, 3.05) is 12.0 Å². The highest BCUT2D eigenvalue weighted by Gasteiger charge is 2.30. The molecular weight excluding hydrogens is 308 g/mol. The first-order valence-corrected chi connectivity index (χ1v) is 8.49. The minimum Gasteiger partial charge on any atom is -0.286 e. The fraction of sp³-hybridized carbons (Fsp3) is 0.588. The third kappa shape index (κ3) is 5.49. The average Bonchev–Trinajstić information content (AvgIpc) is 2.86. The number of anilines is 1. The van der Waals surface area contributed by atoms with E-state index >= 15 is 0 Å². The lowest BCUT2D eigenvalue weighted by Gasteiger charge is -2.27. The number of hydroxylamine groups is 2. The number of rotatable bonds is 7. The van der Waals surface area contributed by atoms with Crippen molar-refractivity contribution >= 4 is 18.1 Å². The molecule has 7 nitrogen and oxygen atoms in total. The second kappa shape index (κ2) is 9.22. The maximum Gasteiger partial charge on any atom is 0.243 e. The molecular formula is C17H26N4O3. The van der Waals surface area contributed by atoms with Gasteiger partial charge in [-0.1, -0.05) is 25.7 Å². The molecule has 0 spiro atoms. The van der Waals surface area contributed by atoms with Crippen molar-refractivity contribution in [2.24, 2.45) is 11.8 Å². The summed E-state index contributed by atoms with van der Waals surface area (Å²) in [4.78, 5) is 27.5. The van der Waals surface area contributed by atoms with Gasteiger partial charge in [-0.3, -0.25) is 25.6 Å². The lowest BCUT2D eigenvalue weighted by Crippen LogP contribution is -2.43. The van der Waals surface area contributed by atoms with Crippen LogP contribution in [-0.2, 0) is 9.59 Å². The molecule has 1 heterocycles. The summed E-state index contributed by atoms with van der Waals surface area (Å²) >= 11 is 0. The van der Waals surface area contributed by atoms with Crippen LogP contribution in [0.4, 0.5) is 5.82 Å². The van der Waals surface area contributed by atoms with Crippen LogP contribution in [0.5, 0.6) is 0 Å². The summed E-state index contributed by atoms with van der Waals surface area (Å²) in [5.41, 5.74) is 6.51. The molecule has 1 aromatic rings. The zero-order valence-electron chi connectivity index (χ0n) is 14.1. The van der Waals surface area contributed by atoms with Crippen molar-refractivity contribution in [3.05, 3.63) is 23.9 Å². The zero-order valence-corrected chi connectivity index (χ0v) is 14.1. The molecule has 0 unspecified atom stereocenters. The standard InChI is InChI=1S/C17H26N4O3/c1-13-8-9-18-16(10-13)19-20-17(23)15(11-21(24)12-22)14-6-4-2-3-5-7-14/h8-10,12,14-15,24H,2-7,11H2,1H3,(H,18,19)(H,20,23)/t15-/m1/s1. The van der Waals surface area contributed by atoms with Crippen molar-refractivity contribution in [1.82, 2.24) is 15.5 Å². The number of aryl methyl sites for hydroxylation is 1. The van der Waals surface area contributed by atoms with E-state index in [1.54, 1.807) is 6.20 Å². The van der Waals surface area contributed by atoms with E-state index in [2.05, 4.69) is 15.8 Å². The van der Waals surface area contributed by atoms with E-state index in [1.807, 2.05) is 19.1 Å². The van der Waals surface area contributed by atoms with Gasteiger partial charge in [0.05, 0.1) is 12.5 Å². The maximum atomic E-state index is 12.6. The Balaban J connectivity index is 2.01. The third-order valence-corrected chi connectivity index (χ3v) is 4.54. The van der Waals surface area contributed by atoms with E-state index < -0.39 is 5.92 Å². The molecule has 0 bridgehead atoms. The number of aromatic nitrogens is 1. The summed E-state index contributed by atoms with van der Waals surface area (Å²) in [5.74, 6) is 0.0373. The predicted octanol–water partition coefficient (Wildman–Crippen LogP) is 2.27. The summed E-state index contributed by atoms with van der Waals surface area (Å²) < 4.78 is 0. The second-order valence-corrected chi connectivity index (χ2v) is 6.42. The second-order valence-electron chi connectivity index (χ2n) is 6.42. The third-order valence-electron chi connectivity index (χ3n) is 4.54. The molecule has 0 aromatic carbocycles. The highest BCUT2D eigenvalue weighted by atomic mass is 16.5. The number of carbonyl (C=O) groups is 2. The first-order valence-electron chi connectivity index (χ1n) is 8.49. The van der Waals surface area contributed by atoms with Crippen LogP contribution in [0.15, 0.2) is 18.3 Å². The molecule has 1 aliphatic carbocycles. The Morgan fingerprint density at radius 3 is 2.75 bits per heavy atom. The summed E-state index contributed by atoms with van der Waals surface area (Å²) in [6.45, 7) is 1.94. The number of nitrogens with zero attached hydrogens (tertiary/aromatic N) is 2. The molecule has 0 aliphatic heterocycles. The van der Waals surface area contributed by atoms with Gasteiger partial charge in [0, 0.05) is 6.20 Å². The van der Waals surface area contributed by atoms with Gasteiger partial charge in [0.1, 0.15) is 5.82 Å². The molecule has 24 heavy (non-hydrogen) atoms. The summed E-state index contributed by atoms with van der Waals surface area (Å²) in [6, 6.07) is 3.69. The number of hydrazine groups is 1. The maximum absolute atomic E-state index is 12.6. The van der Waals surface area contributed by atoms with Gasteiger partial charge >= 0.3 is 0 Å². The molecule has 132 valence electrons. The fourth-order valence-electron chi connectivity index (χ4n) is 3.23. The van der Waals surface area contributed by atoms with Gasteiger partial charge in [-0.05, 0) is 43.4 Å². The Hall–Kier alpha value is -2.15.